The number of hydrogen-bond acceptors (Lipinski definition) is 1. The smallest absolute Gasteiger partial charge is 0.271 e. The second-order valence-electron chi connectivity index (χ2n) is 10.9. The number of hydrogen-bond donors (Lipinski definition) is 1. The molecular weight excluding hydrogens is 412 g/mol. The van der Waals surface area contributed by atoms with Crippen LogP contribution in [0.2, 0.25) is 0 Å². The topological polar surface area (TPSA) is 29.1 Å². The van der Waals surface area contributed by atoms with Crippen LogP contribution in [0.5, 0.6) is 0 Å². The van der Waals surface area contributed by atoms with Crippen molar-refractivity contribution in [2.24, 2.45) is 23.2 Å². The number of rotatable bonds is 12. The Morgan fingerprint density at radius 2 is 1.25 bits per heavy atom. The molecule has 4 saturated carbocycles. The maximum Gasteiger partial charge on any atom is 0.271 e. The van der Waals surface area contributed by atoms with Crippen molar-refractivity contribution < 1.29 is 26.4 Å². The summed E-state index contributed by atoms with van der Waals surface area (Å²) in [4.78, 5) is 13.2. The van der Waals surface area contributed by atoms with Crippen molar-refractivity contribution in [1.82, 2.24) is 5.43 Å². The van der Waals surface area contributed by atoms with Crippen molar-refractivity contribution >= 4 is 5.91 Å². The number of halogens is 1. The summed E-state index contributed by atoms with van der Waals surface area (Å²) >= 11 is 0. The van der Waals surface area contributed by atoms with Crippen molar-refractivity contribution in [3.05, 3.63) is 0 Å². The summed E-state index contributed by atoms with van der Waals surface area (Å²) in [5.74, 6) is 2.90. The molecule has 0 heterocycles. The quantitative estimate of drug-likeness (QED) is 0.273. The molecule has 28 heavy (non-hydrogen) atoms. The lowest BCUT2D eigenvalue weighted by atomic mass is 9.49. The van der Waals surface area contributed by atoms with Crippen LogP contribution in [-0.4, -0.2) is 31.1 Å². The van der Waals surface area contributed by atoms with E-state index in [4.69, 9.17) is 0 Å². The molecule has 0 aromatic heterocycles. The molecule has 0 atom stereocenters. The van der Waals surface area contributed by atoms with Gasteiger partial charge in [0.15, 0.2) is 0 Å². The van der Waals surface area contributed by atoms with E-state index in [1.807, 2.05) is 0 Å². The summed E-state index contributed by atoms with van der Waals surface area (Å²) in [6, 6.07) is 0. The molecule has 1 amide bonds. The third-order valence-electron chi connectivity index (χ3n) is 7.74. The zero-order valence-electron chi connectivity index (χ0n) is 18.8. The molecular formula is C24H45BrN2O. The molecule has 4 aliphatic rings. The van der Waals surface area contributed by atoms with E-state index in [0.29, 0.717) is 10.5 Å². The minimum atomic E-state index is -0.0112. The van der Waals surface area contributed by atoms with Gasteiger partial charge in [-0.15, -0.1) is 0 Å². The molecule has 0 aromatic rings. The number of quaternary nitrogens is 1. The van der Waals surface area contributed by atoms with Crippen molar-refractivity contribution in [3.8, 4) is 0 Å². The van der Waals surface area contributed by atoms with E-state index in [0.717, 1.165) is 24.3 Å². The van der Waals surface area contributed by atoms with E-state index in [-0.39, 0.29) is 22.4 Å². The molecule has 4 bridgehead atoms. The molecule has 0 aliphatic heterocycles. The van der Waals surface area contributed by atoms with Crippen LogP contribution in [-0.2, 0) is 4.79 Å². The van der Waals surface area contributed by atoms with Crippen molar-refractivity contribution in [1.29, 1.82) is 0 Å². The minimum absolute atomic E-state index is 0. The number of nitrogens with zero attached hydrogens (tertiary/aromatic N) is 1. The Bertz CT molecular complexity index is 456. The number of carbonyl (C=O) groups is 1. The third kappa shape index (κ3) is 6.45. The number of amides is 1. The van der Waals surface area contributed by atoms with Gasteiger partial charge in [-0.2, -0.15) is 0 Å². The van der Waals surface area contributed by atoms with Crippen LogP contribution in [0.25, 0.3) is 0 Å². The predicted molar refractivity (Wildman–Crippen MR) is 113 cm³/mol. The second-order valence-corrected chi connectivity index (χ2v) is 10.9. The van der Waals surface area contributed by atoms with Gasteiger partial charge in [-0.1, -0.05) is 51.9 Å². The molecule has 1 N–H and O–H groups in total. The van der Waals surface area contributed by atoms with Crippen LogP contribution in [0, 0.1) is 23.2 Å². The first-order chi connectivity index (χ1) is 12.9. The fourth-order valence-electron chi connectivity index (χ4n) is 6.66. The van der Waals surface area contributed by atoms with E-state index in [2.05, 4.69) is 26.4 Å². The van der Waals surface area contributed by atoms with Gasteiger partial charge in [0.2, 0.25) is 0 Å². The van der Waals surface area contributed by atoms with Crippen LogP contribution in [0.3, 0.4) is 0 Å². The average molecular weight is 458 g/mol. The first-order valence-corrected chi connectivity index (χ1v) is 12.1. The molecule has 164 valence electrons. The molecule has 3 nitrogen and oxygen atoms in total. The summed E-state index contributed by atoms with van der Waals surface area (Å²) in [5, 5.41) is 0. The molecule has 0 spiro atoms. The Balaban J connectivity index is 0.00000280. The highest BCUT2D eigenvalue weighted by Crippen LogP contribution is 2.60. The standard InChI is InChI=1S/C24H44N2O.BrH/c1-4-5-6-7-8-9-10-11-12-13-26(2,3)25-23(27)24-17-20-14-21(18-24)16-22(15-20)19-24;/h20-22H,4-19H2,1-3H3;1H. The van der Waals surface area contributed by atoms with Crippen molar-refractivity contribution in [3.63, 3.8) is 0 Å². The lowest BCUT2D eigenvalue weighted by Crippen LogP contribution is -3.00. The van der Waals surface area contributed by atoms with Gasteiger partial charge in [0.25, 0.3) is 5.91 Å². The zero-order valence-corrected chi connectivity index (χ0v) is 20.4. The Morgan fingerprint density at radius 1 is 0.821 bits per heavy atom. The molecule has 0 unspecified atom stereocenters. The Morgan fingerprint density at radius 3 is 1.71 bits per heavy atom. The van der Waals surface area contributed by atoms with Crippen LogP contribution < -0.4 is 22.4 Å². The first kappa shape index (κ1) is 24.2. The van der Waals surface area contributed by atoms with Gasteiger partial charge in [0, 0.05) is 0 Å². The van der Waals surface area contributed by atoms with E-state index in [1.165, 1.54) is 96.3 Å². The fraction of sp³-hybridized carbons (Fsp3) is 0.958. The highest BCUT2D eigenvalue weighted by molar-refractivity contribution is 5.82. The Kier molecular flexibility index (Phi) is 9.32. The average Bonchev–Trinajstić information content (AvgIpc) is 2.58. The van der Waals surface area contributed by atoms with Crippen LogP contribution in [0.4, 0.5) is 0 Å². The van der Waals surface area contributed by atoms with E-state index >= 15 is 0 Å². The maximum absolute atomic E-state index is 13.2. The molecule has 4 heteroatoms. The normalized spacial score (nSPS) is 30.9. The van der Waals surface area contributed by atoms with Gasteiger partial charge in [-0.25, -0.2) is 10.0 Å². The highest BCUT2D eigenvalue weighted by atomic mass is 79.9. The molecule has 4 rings (SSSR count). The summed E-state index contributed by atoms with van der Waals surface area (Å²) in [5.41, 5.74) is 3.43. The van der Waals surface area contributed by atoms with E-state index in [1.54, 1.807) is 0 Å². The van der Waals surface area contributed by atoms with Crippen molar-refractivity contribution in [2.75, 3.05) is 20.6 Å². The summed E-state index contributed by atoms with van der Waals surface area (Å²) in [7, 11) is 4.37. The van der Waals surface area contributed by atoms with Crippen LogP contribution >= 0.6 is 0 Å². The van der Waals surface area contributed by atoms with Gasteiger partial charge in [-0.05, 0) is 69.1 Å². The Labute approximate surface area is 184 Å². The van der Waals surface area contributed by atoms with E-state index < -0.39 is 0 Å². The highest BCUT2D eigenvalue weighted by Gasteiger charge is 2.55. The third-order valence-corrected chi connectivity index (χ3v) is 7.74. The fourth-order valence-corrected chi connectivity index (χ4v) is 6.66. The zero-order chi connectivity index (χ0) is 19.3. The monoisotopic (exact) mass is 456 g/mol. The van der Waals surface area contributed by atoms with Crippen molar-refractivity contribution in [2.45, 2.75) is 103 Å². The number of nitrogens with one attached hydrogen (secondary N) is 1. The first-order valence-electron chi connectivity index (χ1n) is 12.1. The molecule has 4 fully saturated rings. The largest absolute Gasteiger partial charge is 1.00 e. The summed E-state index contributed by atoms with van der Waals surface area (Å²) in [6.45, 7) is 3.34. The number of carbonyl (C=O) groups excluding carboxylic acids is 1. The van der Waals surface area contributed by atoms with Gasteiger partial charge >= 0.3 is 0 Å². The molecule has 0 aromatic carbocycles. The predicted octanol–water partition coefficient (Wildman–Crippen LogP) is 2.85. The summed E-state index contributed by atoms with van der Waals surface area (Å²) in [6.07, 6.45) is 20.0. The van der Waals surface area contributed by atoms with Gasteiger partial charge in [0.05, 0.1) is 19.5 Å². The second kappa shape index (κ2) is 10.8. The van der Waals surface area contributed by atoms with Crippen LogP contribution in [0.1, 0.15) is 103 Å². The van der Waals surface area contributed by atoms with E-state index in [9.17, 15) is 4.79 Å². The SMILES string of the molecule is CCCCCCCCCCC[N+](C)(C)NC(=O)C12CC3CC(CC(C3)C1)C2.[Br-]. The van der Waals surface area contributed by atoms with Crippen LogP contribution in [0.15, 0.2) is 0 Å². The Hall–Kier alpha value is -0.0900. The molecule has 0 radical (unpaired) electrons. The lowest BCUT2D eigenvalue weighted by Gasteiger charge is -2.55. The van der Waals surface area contributed by atoms with Gasteiger partial charge in [-0.3, -0.25) is 4.79 Å². The lowest BCUT2D eigenvalue weighted by molar-refractivity contribution is -0.925. The van der Waals surface area contributed by atoms with Gasteiger partial charge in [0.1, 0.15) is 6.54 Å². The molecule has 0 saturated heterocycles. The molecule has 4 aliphatic carbocycles. The summed E-state index contributed by atoms with van der Waals surface area (Å²) < 4.78 is 0.664. The minimum Gasteiger partial charge on any atom is -1.00 e. The maximum atomic E-state index is 13.2. The van der Waals surface area contributed by atoms with Gasteiger partial charge < -0.3 is 17.0 Å². The number of unbranched alkanes of at least 4 members (excludes halogenated alkanes) is 8.